The van der Waals surface area contributed by atoms with Gasteiger partial charge in [-0.1, -0.05) is 6.08 Å². The molecule has 0 fully saturated rings. The molecule has 1 aliphatic rings. The van der Waals surface area contributed by atoms with Gasteiger partial charge >= 0.3 is 5.97 Å². The Morgan fingerprint density at radius 2 is 1.94 bits per heavy atom. The summed E-state index contributed by atoms with van der Waals surface area (Å²) >= 11 is 0. The van der Waals surface area contributed by atoms with Crippen LogP contribution in [0.5, 0.6) is 0 Å². The van der Waals surface area contributed by atoms with Gasteiger partial charge in [-0.3, -0.25) is 9.59 Å². The van der Waals surface area contributed by atoms with Gasteiger partial charge in [0.25, 0.3) is 0 Å². The molecule has 0 amide bonds. The van der Waals surface area contributed by atoms with Crippen LogP contribution in [-0.4, -0.2) is 27.0 Å². The van der Waals surface area contributed by atoms with Gasteiger partial charge in [-0.25, -0.2) is 4.79 Å². The maximum atomic E-state index is 11.7. The highest BCUT2D eigenvalue weighted by atomic mass is 16.4. The Morgan fingerprint density at radius 3 is 2.67 bits per heavy atom. The van der Waals surface area contributed by atoms with E-state index in [1.807, 2.05) is 0 Å². The van der Waals surface area contributed by atoms with Crippen molar-refractivity contribution in [1.29, 1.82) is 0 Å². The molecule has 2 aromatic rings. The smallest absolute Gasteiger partial charge is 0.352 e. The van der Waals surface area contributed by atoms with E-state index in [2.05, 4.69) is 0 Å². The summed E-state index contributed by atoms with van der Waals surface area (Å²) in [6.45, 7) is 0. The molecule has 5 heteroatoms. The predicted octanol–water partition coefficient (Wildman–Crippen LogP) is 1.42. The molecule has 2 aromatic heterocycles. The molecule has 0 aromatic carbocycles. The van der Waals surface area contributed by atoms with Gasteiger partial charge in [-0.05, 0) is 29.8 Å². The number of carboxylic acid groups (broad SMARTS) is 1. The average molecular weight is 241 g/mol. The number of ketones is 2. The van der Waals surface area contributed by atoms with E-state index in [0.717, 1.165) is 0 Å². The first-order valence-electron chi connectivity index (χ1n) is 5.23. The minimum atomic E-state index is -1.08. The van der Waals surface area contributed by atoms with Gasteiger partial charge in [0, 0.05) is 17.3 Å². The number of carboxylic acids is 1. The number of hydrogen-bond donors (Lipinski definition) is 1. The zero-order valence-electron chi connectivity index (χ0n) is 9.08. The molecule has 5 nitrogen and oxygen atoms in total. The van der Waals surface area contributed by atoms with Crippen molar-refractivity contribution in [1.82, 2.24) is 4.40 Å². The fourth-order valence-corrected chi connectivity index (χ4v) is 2.04. The standard InChI is InChI=1S/C13H7NO4/c15-11-4-1-7-5-8-2-3-10(13(17)18)14(8)6-9(7)12(11)16/h1-6H,(H,17,18). The molecule has 2 heterocycles. The number of carbonyl (C=O) groups is 3. The molecule has 0 saturated carbocycles. The van der Waals surface area contributed by atoms with Gasteiger partial charge < -0.3 is 9.51 Å². The van der Waals surface area contributed by atoms with Gasteiger partial charge in [0.15, 0.2) is 0 Å². The Labute approximate surface area is 101 Å². The maximum absolute atomic E-state index is 11.7. The first-order chi connectivity index (χ1) is 8.58. The zero-order valence-corrected chi connectivity index (χ0v) is 9.08. The number of hydrogen-bond acceptors (Lipinski definition) is 3. The van der Waals surface area contributed by atoms with Gasteiger partial charge in [-0.15, -0.1) is 0 Å². The normalized spacial score (nSPS) is 14.0. The highest BCUT2D eigenvalue weighted by molar-refractivity contribution is 6.49. The van der Waals surface area contributed by atoms with E-state index in [1.165, 1.54) is 22.7 Å². The fraction of sp³-hybridized carbons (Fsp3) is 0. The summed E-state index contributed by atoms with van der Waals surface area (Å²) in [7, 11) is 0. The lowest BCUT2D eigenvalue weighted by atomic mass is 9.97. The van der Waals surface area contributed by atoms with Crippen molar-refractivity contribution in [2.75, 3.05) is 0 Å². The SMILES string of the molecule is O=C1C=Cc2cc3ccc(C(=O)O)n3cc2C1=O. The minimum Gasteiger partial charge on any atom is -0.477 e. The van der Waals surface area contributed by atoms with Crippen LogP contribution in [0.1, 0.15) is 26.4 Å². The lowest BCUT2D eigenvalue weighted by Crippen LogP contribution is -2.17. The zero-order chi connectivity index (χ0) is 12.9. The Hall–Kier alpha value is -2.69. The minimum absolute atomic E-state index is 0.0580. The average Bonchev–Trinajstić information content (AvgIpc) is 2.75. The summed E-state index contributed by atoms with van der Waals surface area (Å²) < 4.78 is 1.39. The second-order valence-corrected chi connectivity index (χ2v) is 3.99. The quantitative estimate of drug-likeness (QED) is 0.766. The summed E-state index contributed by atoms with van der Waals surface area (Å²) in [6.07, 6.45) is 4.19. The van der Waals surface area contributed by atoms with Crippen LogP contribution in [0.25, 0.3) is 11.6 Å². The van der Waals surface area contributed by atoms with E-state index in [4.69, 9.17) is 5.11 Å². The van der Waals surface area contributed by atoms with Crippen molar-refractivity contribution in [3.8, 4) is 0 Å². The number of pyridine rings is 1. The summed E-state index contributed by atoms with van der Waals surface area (Å²) in [5.74, 6) is -2.29. The molecule has 18 heavy (non-hydrogen) atoms. The van der Waals surface area contributed by atoms with Crippen LogP contribution in [0.4, 0.5) is 0 Å². The number of Topliss-reactive ketones (excluding diaryl/α,β-unsaturated/α-hetero) is 1. The Morgan fingerprint density at radius 1 is 1.17 bits per heavy atom. The van der Waals surface area contributed by atoms with Crippen molar-refractivity contribution in [3.63, 3.8) is 0 Å². The molecule has 0 saturated heterocycles. The number of nitrogens with zero attached hydrogens (tertiary/aromatic N) is 1. The summed E-state index contributed by atoms with van der Waals surface area (Å²) in [6, 6.07) is 4.79. The highest BCUT2D eigenvalue weighted by Crippen LogP contribution is 2.21. The van der Waals surface area contributed by atoms with Crippen LogP contribution in [0.3, 0.4) is 0 Å². The lowest BCUT2D eigenvalue weighted by molar-refractivity contribution is -0.110. The van der Waals surface area contributed by atoms with Crippen molar-refractivity contribution >= 4 is 29.1 Å². The second kappa shape index (κ2) is 3.40. The van der Waals surface area contributed by atoms with Crippen LogP contribution in [0, 0.1) is 0 Å². The predicted molar refractivity (Wildman–Crippen MR) is 62.7 cm³/mol. The van der Waals surface area contributed by atoms with Crippen LogP contribution in [0.15, 0.2) is 30.5 Å². The van der Waals surface area contributed by atoms with E-state index in [1.54, 1.807) is 18.2 Å². The van der Waals surface area contributed by atoms with Crippen molar-refractivity contribution in [2.24, 2.45) is 0 Å². The summed E-state index contributed by atoms with van der Waals surface area (Å²) in [4.78, 5) is 34.0. The van der Waals surface area contributed by atoms with Crippen molar-refractivity contribution < 1.29 is 19.5 Å². The molecule has 0 unspecified atom stereocenters. The monoisotopic (exact) mass is 241 g/mol. The summed E-state index contributed by atoms with van der Waals surface area (Å²) in [5, 5.41) is 9.01. The third-order valence-corrected chi connectivity index (χ3v) is 2.92. The third-order valence-electron chi connectivity index (χ3n) is 2.92. The lowest BCUT2D eigenvalue weighted by Gasteiger charge is -2.10. The van der Waals surface area contributed by atoms with Gasteiger partial charge in [0.2, 0.25) is 11.6 Å². The van der Waals surface area contributed by atoms with E-state index in [0.29, 0.717) is 11.1 Å². The molecule has 1 N–H and O–H groups in total. The molecule has 0 aliphatic heterocycles. The van der Waals surface area contributed by atoms with Crippen LogP contribution < -0.4 is 0 Å². The van der Waals surface area contributed by atoms with E-state index < -0.39 is 17.5 Å². The largest absolute Gasteiger partial charge is 0.477 e. The molecule has 0 radical (unpaired) electrons. The maximum Gasteiger partial charge on any atom is 0.352 e. The number of rotatable bonds is 1. The fourth-order valence-electron chi connectivity index (χ4n) is 2.04. The number of allylic oxidation sites excluding steroid dienone is 1. The Kier molecular flexibility index (Phi) is 1.98. The highest BCUT2D eigenvalue weighted by Gasteiger charge is 2.22. The third kappa shape index (κ3) is 1.31. The first-order valence-corrected chi connectivity index (χ1v) is 5.23. The molecule has 3 rings (SSSR count). The molecule has 0 atom stereocenters. The van der Waals surface area contributed by atoms with Crippen LogP contribution in [0.2, 0.25) is 0 Å². The molecule has 88 valence electrons. The number of fused-ring (bicyclic) bond motifs is 2. The van der Waals surface area contributed by atoms with Gasteiger partial charge in [-0.2, -0.15) is 0 Å². The Bertz CT molecular complexity index is 752. The van der Waals surface area contributed by atoms with Crippen LogP contribution in [-0.2, 0) is 4.79 Å². The topological polar surface area (TPSA) is 75.8 Å². The van der Waals surface area contributed by atoms with E-state index >= 15 is 0 Å². The molecular weight excluding hydrogens is 234 g/mol. The van der Waals surface area contributed by atoms with Gasteiger partial charge in [0.05, 0.1) is 0 Å². The van der Waals surface area contributed by atoms with E-state index in [9.17, 15) is 14.4 Å². The Balaban J connectivity index is 2.35. The molecule has 0 spiro atoms. The van der Waals surface area contributed by atoms with Crippen LogP contribution >= 0.6 is 0 Å². The van der Waals surface area contributed by atoms with Gasteiger partial charge in [0.1, 0.15) is 5.69 Å². The number of carbonyl (C=O) groups excluding carboxylic acids is 2. The molecule has 1 aliphatic carbocycles. The number of aromatic carboxylic acids is 1. The van der Waals surface area contributed by atoms with E-state index in [-0.39, 0.29) is 11.3 Å². The second-order valence-electron chi connectivity index (χ2n) is 3.99. The molecule has 0 bridgehead atoms. The van der Waals surface area contributed by atoms with Crippen molar-refractivity contribution in [2.45, 2.75) is 0 Å². The number of aromatic nitrogens is 1. The summed E-state index contributed by atoms with van der Waals surface area (Å²) in [5.41, 5.74) is 1.58. The van der Waals surface area contributed by atoms with Crippen molar-refractivity contribution in [3.05, 3.63) is 47.3 Å². The first kappa shape index (κ1) is 10.5. The molecular formula is C13H7NO4.